The molecule has 1 aliphatic rings. The van der Waals surface area contributed by atoms with Crippen molar-refractivity contribution in [3.8, 4) is 0 Å². The predicted octanol–water partition coefficient (Wildman–Crippen LogP) is 4.52. The number of hydrogen-bond donors (Lipinski definition) is 0. The number of hydrogen-bond acceptors (Lipinski definition) is 0. The molecule has 1 heteroatoms. The molecule has 1 aromatic carbocycles. The Hall–Kier alpha value is -0.490. The lowest BCUT2D eigenvalue weighted by Gasteiger charge is -2.07. The molecule has 1 aliphatic carbocycles. The molecule has 0 aliphatic heterocycles. The van der Waals surface area contributed by atoms with Gasteiger partial charge >= 0.3 is 0 Å². The second-order valence-electron chi connectivity index (χ2n) is 4.85. The largest absolute Gasteiger partial charge is 0.123 e. The lowest BCUT2D eigenvalue weighted by molar-refractivity contribution is 0.674. The van der Waals surface area contributed by atoms with Crippen molar-refractivity contribution in [2.75, 3.05) is 0 Å². The Balaban J connectivity index is 1.86. The molecule has 0 nitrogen and oxygen atoms in total. The number of rotatable bonds is 5. The molecule has 1 atom stereocenters. The third-order valence-electron chi connectivity index (χ3n) is 3.59. The highest BCUT2D eigenvalue weighted by Crippen LogP contribution is 2.23. The van der Waals surface area contributed by atoms with Gasteiger partial charge in [0.15, 0.2) is 0 Å². The Morgan fingerprint density at radius 3 is 2.88 bits per heavy atom. The number of benzene rings is 1. The van der Waals surface area contributed by atoms with Gasteiger partial charge in [-0.25, -0.2) is 0 Å². The molecule has 2 rings (SSSR count). The minimum absolute atomic E-state index is 0.370. The Labute approximate surface area is 104 Å². The first-order valence-corrected chi connectivity index (χ1v) is 6.98. The van der Waals surface area contributed by atoms with Crippen molar-refractivity contribution in [3.05, 3.63) is 34.9 Å². The molecule has 1 aromatic rings. The molecule has 0 saturated carbocycles. The zero-order chi connectivity index (χ0) is 11.4. The lowest BCUT2D eigenvalue weighted by Crippen LogP contribution is -1.97. The average molecular weight is 237 g/mol. The molecule has 16 heavy (non-hydrogen) atoms. The average Bonchev–Trinajstić information content (AvgIpc) is 2.76. The molecule has 0 bridgehead atoms. The van der Waals surface area contributed by atoms with Crippen molar-refractivity contribution in [1.82, 2.24) is 0 Å². The van der Waals surface area contributed by atoms with Crippen molar-refractivity contribution < 1.29 is 0 Å². The van der Waals surface area contributed by atoms with Gasteiger partial charge in [-0.05, 0) is 61.6 Å². The molecule has 0 N–H and O–H groups in total. The molecule has 0 radical (unpaired) electrons. The fraction of sp³-hybridized carbons (Fsp3) is 0.600. The van der Waals surface area contributed by atoms with Crippen molar-refractivity contribution >= 4 is 11.6 Å². The fourth-order valence-electron chi connectivity index (χ4n) is 2.51. The molecular weight excluding hydrogens is 216 g/mol. The second kappa shape index (κ2) is 5.72. The summed E-state index contributed by atoms with van der Waals surface area (Å²) in [6.45, 7) is 2.16. The van der Waals surface area contributed by atoms with Crippen LogP contribution in [0.5, 0.6) is 0 Å². The van der Waals surface area contributed by atoms with Crippen LogP contribution in [0.15, 0.2) is 18.2 Å². The van der Waals surface area contributed by atoms with E-state index in [0.717, 1.165) is 12.8 Å². The van der Waals surface area contributed by atoms with Crippen LogP contribution in [0.3, 0.4) is 0 Å². The Morgan fingerprint density at radius 2 is 2.06 bits per heavy atom. The molecule has 0 heterocycles. The molecule has 0 fully saturated rings. The van der Waals surface area contributed by atoms with Gasteiger partial charge in [0.25, 0.3) is 0 Å². The van der Waals surface area contributed by atoms with Gasteiger partial charge in [-0.3, -0.25) is 0 Å². The Morgan fingerprint density at radius 1 is 1.25 bits per heavy atom. The van der Waals surface area contributed by atoms with Gasteiger partial charge in [-0.2, -0.15) is 0 Å². The summed E-state index contributed by atoms with van der Waals surface area (Å²) in [5.74, 6) is 0. The van der Waals surface area contributed by atoms with E-state index in [1.807, 2.05) is 0 Å². The van der Waals surface area contributed by atoms with Crippen LogP contribution >= 0.6 is 11.6 Å². The zero-order valence-corrected chi connectivity index (χ0v) is 10.9. The van der Waals surface area contributed by atoms with Gasteiger partial charge in [0.05, 0.1) is 0 Å². The Kier molecular flexibility index (Phi) is 4.29. The number of aryl methyl sites for hydroxylation is 3. The minimum Gasteiger partial charge on any atom is -0.123 e. The van der Waals surface area contributed by atoms with Gasteiger partial charge in [0.1, 0.15) is 0 Å². The molecule has 1 unspecified atom stereocenters. The summed E-state index contributed by atoms with van der Waals surface area (Å²) in [6.07, 6.45) is 8.57. The van der Waals surface area contributed by atoms with Crippen LogP contribution in [0.4, 0.5) is 0 Å². The van der Waals surface area contributed by atoms with Gasteiger partial charge in [0, 0.05) is 5.38 Å². The summed E-state index contributed by atoms with van der Waals surface area (Å²) in [5, 5.41) is 0.370. The van der Waals surface area contributed by atoms with E-state index in [1.165, 1.54) is 37.7 Å². The Bertz CT molecular complexity index is 343. The van der Waals surface area contributed by atoms with Crippen molar-refractivity contribution in [1.29, 1.82) is 0 Å². The molecule has 0 spiro atoms. The molecule has 0 aromatic heterocycles. The standard InChI is InChI=1S/C15H21Cl/c1-2-15(16)8-3-5-12-9-10-13-6-4-7-14(13)11-12/h9-11,15H,2-8H2,1H3. The third kappa shape index (κ3) is 3.01. The lowest BCUT2D eigenvalue weighted by atomic mass is 10.0. The monoisotopic (exact) mass is 236 g/mol. The van der Waals surface area contributed by atoms with Crippen LogP contribution in [0.1, 0.15) is 49.3 Å². The summed E-state index contributed by atoms with van der Waals surface area (Å²) in [5.41, 5.74) is 4.67. The predicted molar refractivity (Wildman–Crippen MR) is 71.3 cm³/mol. The van der Waals surface area contributed by atoms with E-state index in [0.29, 0.717) is 5.38 Å². The zero-order valence-electron chi connectivity index (χ0n) is 10.1. The summed E-state index contributed by atoms with van der Waals surface area (Å²) < 4.78 is 0. The van der Waals surface area contributed by atoms with Crippen LogP contribution < -0.4 is 0 Å². The minimum atomic E-state index is 0.370. The van der Waals surface area contributed by atoms with E-state index in [2.05, 4.69) is 25.1 Å². The third-order valence-corrected chi connectivity index (χ3v) is 4.12. The molecule has 0 saturated heterocycles. The second-order valence-corrected chi connectivity index (χ2v) is 5.47. The van der Waals surface area contributed by atoms with E-state index in [1.54, 1.807) is 11.1 Å². The van der Waals surface area contributed by atoms with Crippen molar-refractivity contribution in [3.63, 3.8) is 0 Å². The molecule has 88 valence electrons. The summed E-state index contributed by atoms with van der Waals surface area (Å²) in [6, 6.07) is 7.05. The first-order chi connectivity index (χ1) is 7.79. The maximum atomic E-state index is 6.13. The normalized spacial score (nSPS) is 16.1. The van der Waals surface area contributed by atoms with Gasteiger partial charge < -0.3 is 0 Å². The first-order valence-electron chi connectivity index (χ1n) is 6.54. The van der Waals surface area contributed by atoms with Crippen LogP contribution in [-0.2, 0) is 19.3 Å². The summed E-state index contributed by atoms with van der Waals surface area (Å²) >= 11 is 6.13. The van der Waals surface area contributed by atoms with E-state index in [4.69, 9.17) is 11.6 Å². The first kappa shape index (κ1) is 12.0. The number of fused-ring (bicyclic) bond motifs is 1. The maximum Gasteiger partial charge on any atom is 0.0333 e. The smallest absolute Gasteiger partial charge is 0.0333 e. The summed E-state index contributed by atoms with van der Waals surface area (Å²) in [4.78, 5) is 0. The maximum absolute atomic E-state index is 6.13. The quantitative estimate of drug-likeness (QED) is 0.660. The van der Waals surface area contributed by atoms with E-state index >= 15 is 0 Å². The van der Waals surface area contributed by atoms with Crippen LogP contribution in [0.2, 0.25) is 0 Å². The van der Waals surface area contributed by atoms with Crippen molar-refractivity contribution in [2.45, 2.75) is 57.2 Å². The fourth-order valence-corrected chi connectivity index (χ4v) is 2.67. The molecule has 0 amide bonds. The van der Waals surface area contributed by atoms with E-state index in [9.17, 15) is 0 Å². The van der Waals surface area contributed by atoms with Crippen LogP contribution in [0, 0.1) is 0 Å². The highest BCUT2D eigenvalue weighted by molar-refractivity contribution is 6.20. The topological polar surface area (TPSA) is 0 Å². The number of alkyl halides is 1. The van der Waals surface area contributed by atoms with Crippen LogP contribution in [0.25, 0.3) is 0 Å². The SMILES string of the molecule is CCC(Cl)CCCc1ccc2c(c1)CCC2. The van der Waals surface area contributed by atoms with E-state index < -0.39 is 0 Å². The van der Waals surface area contributed by atoms with Gasteiger partial charge in [-0.1, -0.05) is 25.1 Å². The highest BCUT2D eigenvalue weighted by atomic mass is 35.5. The molecular formula is C15H21Cl. The van der Waals surface area contributed by atoms with Crippen LogP contribution in [-0.4, -0.2) is 5.38 Å². The van der Waals surface area contributed by atoms with E-state index in [-0.39, 0.29) is 0 Å². The van der Waals surface area contributed by atoms with Gasteiger partial charge in [0.2, 0.25) is 0 Å². The van der Waals surface area contributed by atoms with Crippen molar-refractivity contribution in [2.24, 2.45) is 0 Å². The summed E-state index contributed by atoms with van der Waals surface area (Å²) in [7, 11) is 0. The number of halogens is 1. The van der Waals surface area contributed by atoms with Gasteiger partial charge in [-0.15, -0.1) is 11.6 Å². The highest BCUT2D eigenvalue weighted by Gasteiger charge is 2.10.